The van der Waals surface area contributed by atoms with Crippen LogP contribution >= 0.6 is 11.3 Å². The summed E-state index contributed by atoms with van der Waals surface area (Å²) in [6.07, 6.45) is 0. The van der Waals surface area contributed by atoms with Crippen molar-refractivity contribution in [3.63, 3.8) is 0 Å². The lowest BCUT2D eigenvalue weighted by Gasteiger charge is -2.11. The summed E-state index contributed by atoms with van der Waals surface area (Å²) < 4.78 is 7.28. The van der Waals surface area contributed by atoms with Crippen molar-refractivity contribution in [2.45, 2.75) is 26.9 Å². The molecule has 0 spiro atoms. The Morgan fingerprint density at radius 2 is 1.78 bits per heavy atom. The molecule has 2 N–H and O–H groups in total. The summed E-state index contributed by atoms with van der Waals surface area (Å²) in [6.45, 7) is 5.46. The zero-order valence-electron chi connectivity index (χ0n) is 18.1. The SMILES string of the molecule is CCOC(=O)c1ccc(NC(=O)NCc2c(-c3cccs3)n(CC)c3ccccc23)cc1. The molecule has 32 heavy (non-hydrogen) atoms. The molecule has 4 rings (SSSR count). The van der Waals surface area contributed by atoms with Gasteiger partial charge in [0.05, 0.1) is 22.7 Å². The van der Waals surface area contributed by atoms with E-state index in [0.29, 0.717) is 24.4 Å². The van der Waals surface area contributed by atoms with Gasteiger partial charge in [-0.3, -0.25) is 0 Å². The standard InChI is InChI=1S/C25H25N3O3S/c1-3-28-21-9-6-5-8-19(21)20(23(28)22-10-7-15-32-22)16-26-25(30)27-18-13-11-17(12-14-18)24(29)31-4-2/h5-15H,3-4,16H2,1-2H3,(H2,26,27,30). The highest BCUT2D eigenvalue weighted by molar-refractivity contribution is 7.13. The third-order valence-electron chi connectivity index (χ3n) is 5.23. The third-order valence-corrected chi connectivity index (χ3v) is 6.10. The molecule has 0 bridgehead atoms. The molecule has 2 aromatic carbocycles. The molecular weight excluding hydrogens is 422 g/mol. The molecule has 0 unspecified atom stereocenters. The molecule has 164 valence electrons. The minimum absolute atomic E-state index is 0.306. The van der Waals surface area contributed by atoms with Crippen molar-refractivity contribution >= 4 is 39.9 Å². The predicted molar refractivity (Wildman–Crippen MR) is 129 cm³/mol. The zero-order valence-corrected chi connectivity index (χ0v) is 18.9. The molecule has 4 aromatic rings. The van der Waals surface area contributed by atoms with Crippen LogP contribution in [0.25, 0.3) is 21.5 Å². The lowest BCUT2D eigenvalue weighted by molar-refractivity contribution is 0.0526. The molecule has 6 nitrogen and oxygen atoms in total. The minimum atomic E-state index is -0.378. The van der Waals surface area contributed by atoms with Crippen LogP contribution in [0.15, 0.2) is 66.0 Å². The summed E-state index contributed by atoms with van der Waals surface area (Å²) in [7, 11) is 0. The number of anilines is 1. The van der Waals surface area contributed by atoms with Crippen molar-refractivity contribution in [1.82, 2.24) is 9.88 Å². The molecule has 2 amide bonds. The number of rotatable bonds is 7. The number of hydrogen-bond acceptors (Lipinski definition) is 4. The van der Waals surface area contributed by atoms with Crippen LogP contribution in [0, 0.1) is 0 Å². The van der Waals surface area contributed by atoms with E-state index in [-0.39, 0.29) is 12.0 Å². The fourth-order valence-corrected chi connectivity index (χ4v) is 4.63. The average Bonchev–Trinajstić information content (AvgIpc) is 3.44. The molecule has 2 heterocycles. The number of aryl methyl sites for hydroxylation is 1. The van der Waals surface area contributed by atoms with E-state index in [9.17, 15) is 9.59 Å². The van der Waals surface area contributed by atoms with Gasteiger partial charge < -0.3 is 19.9 Å². The molecule has 0 atom stereocenters. The summed E-state index contributed by atoms with van der Waals surface area (Å²) in [5.41, 5.74) is 4.45. The Balaban J connectivity index is 1.53. The maximum Gasteiger partial charge on any atom is 0.338 e. The molecule has 0 aliphatic rings. The van der Waals surface area contributed by atoms with Crippen molar-refractivity contribution in [2.75, 3.05) is 11.9 Å². The Hall–Kier alpha value is -3.58. The lowest BCUT2D eigenvalue weighted by atomic mass is 10.1. The number of benzene rings is 2. The Bertz CT molecular complexity index is 1230. The highest BCUT2D eigenvalue weighted by atomic mass is 32.1. The van der Waals surface area contributed by atoms with E-state index in [4.69, 9.17) is 4.74 Å². The van der Waals surface area contributed by atoms with E-state index in [2.05, 4.69) is 45.7 Å². The number of nitrogens with one attached hydrogen (secondary N) is 2. The first-order valence-electron chi connectivity index (χ1n) is 10.6. The monoisotopic (exact) mass is 447 g/mol. The maximum absolute atomic E-state index is 12.6. The summed E-state index contributed by atoms with van der Waals surface area (Å²) in [5.74, 6) is -0.378. The number of nitrogens with zero attached hydrogens (tertiary/aromatic N) is 1. The normalized spacial score (nSPS) is 10.8. The van der Waals surface area contributed by atoms with Crippen LogP contribution in [0.3, 0.4) is 0 Å². The fourth-order valence-electron chi connectivity index (χ4n) is 3.83. The van der Waals surface area contributed by atoms with E-state index in [1.807, 2.05) is 18.2 Å². The van der Waals surface area contributed by atoms with Crippen molar-refractivity contribution < 1.29 is 14.3 Å². The van der Waals surface area contributed by atoms with Crippen LogP contribution in [-0.2, 0) is 17.8 Å². The van der Waals surface area contributed by atoms with E-state index in [1.165, 1.54) is 4.88 Å². The summed E-state index contributed by atoms with van der Waals surface area (Å²) in [5, 5.41) is 9.02. The number of fused-ring (bicyclic) bond motifs is 1. The van der Waals surface area contributed by atoms with Gasteiger partial charge in [-0.25, -0.2) is 9.59 Å². The van der Waals surface area contributed by atoms with Gasteiger partial charge in [-0.1, -0.05) is 24.3 Å². The maximum atomic E-state index is 12.6. The largest absolute Gasteiger partial charge is 0.462 e. The van der Waals surface area contributed by atoms with Crippen LogP contribution in [-0.4, -0.2) is 23.2 Å². The minimum Gasteiger partial charge on any atom is -0.462 e. The first-order valence-corrected chi connectivity index (χ1v) is 11.5. The van der Waals surface area contributed by atoms with Gasteiger partial charge in [0.2, 0.25) is 0 Å². The van der Waals surface area contributed by atoms with Gasteiger partial charge in [-0.15, -0.1) is 11.3 Å². The van der Waals surface area contributed by atoms with Crippen LogP contribution in [0.2, 0.25) is 0 Å². The zero-order chi connectivity index (χ0) is 22.5. The lowest BCUT2D eigenvalue weighted by Crippen LogP contribution is -2.28. The number of esters is 1. The molecule has 0 saturated heterocycles. The average molecular weight is 448 g/mol. The van der Waals surface area contributed by atoms with E-state index in [0.717, 1.165) is 28.7 Å². The van der Waals surface area contributed by atoms with Crippen LogP contribution in [0.1, 0.15) is 29.8 Å². The highest BCUT2D eigenvalue weighted by Crippen LogP contribution is 2.36. The molecule has 0 radical (unpaired) electrons. The number of para-hydroxylation sites is 1. The van der Waals surface area contributed by atoms with Gasteiger partial charge in [-0.05, 0) is 55.6 Å². The van der Waals surface area contributed by atoms with Crippen molar-refractivity contribution in [1.29, 1.82) is 0 Å². The van der Waals surface area contributed by atoms with Crippen molar-refractivity contribution in [3.8, 4) is 10.6 Å². The van der Waals surface area contributed by atoms with Crippen molar-refractivity contribution in [2.24, 2.45) is 0 Å². The van der Waals surface area contributed by atoms with Crippen LogP contribution in [0.4, 0.5) is 10.5 Å². The molecule has 0 saturated carbocycles. The Morgan fingerprint density at radius 1 is 1.00 bits per heavy atom. The molecule has 0 aliphatic carbocycles. The fraction of sp³-hybridized carbons (Fsp3) is 0.200. The van der Waals surface area contributed by atoms with Gasteiger partial charge in [-0.2, -0.15) is 0 Å². The number of carbonyl (C=O) groups excluding carboxylic acids is 2. The molecule has 0 fully saturated rings. The van der Waals surface area contributed by atoms with Crippen molar-refractivity contribution in [3.05, 3.63) is 77.2 Å². The number of thiophene rings is 1. The third kappa shape index (κ3) is 4.38. The number of hydrogen-bond donors (Lipinski definition) is 2. The first-order chi connectivity index (χ1) is 15.6. The first kappa shape index (κ1) is 21.6. The smallest absolute Gasteiger partial charge is 0.338 e. The number of ether oxygens (including phenoxy) is 1. The molecule has 0 aliphatic heterocycles. The van der Waals surface area contributed by atoms with Crippen LogP contribution < -0.4 is 10.6 Å². The van der Waals surface area contributed by atoms with Gasteiger partial charge in [0.1, 0.15) is 0 Å². The van der Waals surface area contributed by atoms with E-state index < -0.39 is 0 Å². The van der Waals surface area contributed by atoms with Gasteiger partial charge in [0, 0.05) is 35.2 Å². The second kappa shape index (κ2) is 9.70. The Labute approximate surface area is 190 Å². The molecule has 2 aromatic heterocycles. The number of carbonyl (C=O) groups is 2. The quantitative estimate of drug-likeness (QED) is 0.347. The predicted octanol–water partition coefficient (Wildman–Crippen LogP) is 5.89. The van der Waals surface area contributed by atoms with Gasteiger partial charge >= 0.3 is 12.0 Å². The van der Waals surface area contributed by atoms with E-state index >= 15 is 0 Å². The van der Waals surface area contributed by atoms with Gasteiger partial charge in [0.15, 0.2) is 0 Å². The Kier molecular flexibility index (Phi) is 6.56. The topological polar surface area (TPSA) is 72.4 Å². The molecule has 7 heteroatoms. The summed E-state index contributed by atoms with van der Waals surface area (Å²) in [6, 6.07) is 18.8. The second-order valence-electron chi connectivity index (χ2n) is 7.17. The summed E-state index contributed by atoms with van der Waals surface area (Å²) >= 11 is 1.69. The Morgan fingerprint density at radius 3 is 2.47 bits per heavy atom. The summed E-state index contributed by atoms with van der Waals surface area (Å²) in [4.78, 5) is 25.6. The number of aromatic nitrogens is 1. The van der Waals surface area contributed by atoms with E-state index in [1.54, 1.807) is 42.5 Å². The van der Waals surface area contributed by atoms with Crippen LogP contribution in [0.5, 0.6) is 0 Å². The number of amides is 2. The highest BCUT2D eigenvalue weighted by Gasteiger charge is 2.19. The number of urea groups is 1. The second-order valence-corrected chi connectivity index (χ2v) is 8.12. The van der Waals surface area contributed by atoms with Gasteiger partial charge in [0.25, 0.3) is 0 Å². The molecular formula is C25H25N3O3S.